The Hall–Kier alpha value is -4.51. The van der Waals surface area contributed by atoms with Crippen LogP contribution >= 0.6 is 11.3 Å². The van der Waals surface area contributed by atoms with Gasteiger partial charge < -0.3 is 19.6 Å². The molecule has 0 saturated carbocycles. The van der Waals surface area contributed by atoms with Crippen molar-refractivity contribution in [3.05, 3.63) is 87.6 Å². The second-order valence-corrected chi connectivity index (χ2v) is 9.22. The molecule has 0 fully saturated rings. The highest BCUT2D eigenvalue weighted by molar-refractivity contribution is 7.15. The van der Waals surface area contributed by atoms with Crippen molar-refractivity contribution >= 4 is 39.9 Å². The highest BCUT2D eigenvalue weighted by Crippen LogP contribution is 2.27. The first-order valence-corrected chi connectivity index (χ1v) is 12.1. The molecule has 0 saturated heterocycles. The zero-order valence-corrected chi connectivity index (χ0v) is 21.1. The number of oxazole rings is 1. The number of methoxy groups -OCH3 is 1. The molecule has 37 heavy (non-hydrogen) atoms. The average Bonchev–Trinajstić information content (AvgIpc) is 3.49. The molecule has 0 spiro atoms. The Morgan fingerprint density at radius 3 is 2.57 bits per heavy atom. The van der Waals surface area contributed by atoms with Crippen LogP contribution in [0, 0.1) is 13.8 Å². The largest absolute Gasteiger partial charge is 0.496 e. The Kier molecular flexibility index (Phi) is 7.63. The first-order valence-electron chi connectivity index (χ1n) is 11.3. The SMILES string of the molecule is COc1ccccc1C(=O)c1cc(C)ccc1NC(=O)Nc1ncc(CCc2nc(C(=O)O)c(C)o2)s1. The summed E-state index contributed by atoms with van der Waals surface area (Å²) in [6.07, 6.45) is 2.52. The molecule has 0 radical (unpaired) electrons. The number of carboxylic acids is 1. The molecule has 10 nitrogen and oxygen atoms in total. The predicted octanol–water partition coefficient (Wildman–Crippen LogP) is 5.11. The van der Waals surface area contributed by atoms with Crippen LogP contribution in [0.1, 0.15) is 48.5 Å². The third kappa shape index (κ3) is 6.01. The van der Waals surface area contributed by atoms with Crippen LogP contribution in [0.2, 0.25) is 0 Å². The number of carbonyl (C=O) groups is 3. The van der Waals surface area contributed by atoms with E-state index in [2.05, 4.69) is 20.6 Å². The second kappa shape index (κ2) is 11.0. The smallest absolute Gasteiger partial charge is 0.358 e. The third-order valence-corrected chi connectivity index (χ3v) is 6.39. The minimum absolute atomic E-state index is 0.0991. The van der Waals surface area contributed by atoms with Crippen molar-refractivity contribution < 1.29 is 28.6 Å². The number of rotatable bonds is 9. The number of hydrogen-bond acceptors (Lipinski definition) is 8. The topological polar surface area (TPSA) is 144 Å². The highest BCUT2D eigenvalue weighted by Gasteiger charge is 2.20. The molecule has 0 aliphatic carbocycles. The van der Waals surface area contributed by atoms with E-state index in [0.717, 1.165) is 10.4 Å². The number of aromatic nitrogens is 2. The fourth-order valence-electron chi connectivity index (χ4n) is 3.65. The number of carboxylic acid groups (broad SMARTS) is 1. The Bertz CT molecular complexity index is 1480. The van der Waals surface area contributed by atoms with E-state index in [4.69, 9.17) is 14.3 Å². The van der Waals surface area contributed by atoms with E-state index in [1.807, 2.05) is 6.92 Å². The van der Waals surface area contributed by atoms with Gasteiger partial charge >= 0.3 is 12.0 Å². The summed E-state index contributed by atoms with van der Waals surface area (Å²) in [6.45, 7) is 3.42. The van der Waals surface area contributed by atoms with Crippen LogP contribution in [0.25, 0.3) is 0 Å². The number of hydrogen-bond donors (Lipinski definition) is 3. The fourth-order valence-corrected chi connectivity index (χ4v) is 4.46. The van der Waals surface area contributed by atoms with Gasteiger partial charge in [0.05, 0.1) is 18.4 Å². The van der Waals surface area contributed by atoms with Gasteiger partial charge in [0.1, 0.15) is 11.5 Å². The number of aromatic carboxylic acids is 1. The first-order chi connectivity index (χ1) is 17.7. The molecule has 4 rings (SSSR count). The van der Waals surface area contributed by atoms with Gasteiger partial charge in [-0.15, -0.1) is 11.3 Å². The summed E-state index contributed by atoms with van der Waals surface area (Å²) >= 11 is 1.27. The third-order valence-electron chi connectivity index (χ3n) is 5.42. The zero-order valence-electron chi connectivity index (χ0n) is 20.3. The molecule has 4 aromatic rings. The molecule has 0 aliphatic heterocycles. The molecule has 11 heteroatoms. The van der Waals surface area contributed by atoms with E-state index >= 15 is 0 Å². The number of anilines is 2. The number of nitrogens with zero attached hydrogens (tertiary/aromatic N) is 2. The lowest BCUT2D eigenvalue weighted by atomic mass is 9.99. The highest BCUT2D eigenvalue weighted by atomic mass is 32.1. The van der Waals surface area contributed by atoms with E-state index in [1.54, 1.807) is 55.6 Å². The summed E-state index contributed by atoms with van der Waals surface area (Å²) in [6, 6.07) is 11.5. The quantitative estimate of drug-likeness (QED) is 0.258. The molecule has 2 heterocycles. The molecule has 3 N–H and O–H groups in total. The summed E-state index contributed by atoms with van der Waals surface area (Å²) < 4.78 is 10.7. The van der Waals surface area contributed by atoms with Crippen molar-refractivity contribution in [3.8, 4) is 5.75 Å². The second-order valence-electron chi connectivity index (χ2n) is 8.11. The van der Waals surface area contributed by atoms with E-state index in [1.165, 1.54) is 18.4 Å². The number of amides is 2. The van der Waals surface area contributed by atoms with Crippen molar-refractivity contribution in [1.82, 2.24) is 9.97 Å². The molecule has 2 aromatic heterocycles. The minimum atomic E-state index is -1.14. The molecule has 190 valence electrons. The number of aryl methyl sites for hydroxylation is 4. The van der Waals surface area contributed by atoms with Gasteiger partial charge in [-0.1, -0.05) is 23.8 Å². The van der Waals surface area contributed by atoms with Gasteiger partial charge in [0.2, 0.25) is 0 Å². The number of carbonyl (C=O) groups excluding carboxylic acids is 2. The Morgan fingerprint density at radius 2 is 1.84 bits per heavy atom. The van der Waals surface area contributed by atoms with Crippen LogP contribution < -0.4 is 15.4 Å². The molecular weight excluding hydrogens is 496 g/mol. The maximum absolute atomic E-state index is 13.3. The van der Waals surface area contributed by atoms with Gasteiger partial charge in [0, 0.05) is 23.1 Å². The Balaban J connectivity index is 1.42. The fraction of sp³-hybridized carbons (Fsp3) is 0.192. The molecule has 0 atom stereocenters. The summed E-state index contributed by atoms with van der Waals surface area (Å²) in [7, 11) is 1.50. The lowest BCUT2D eigenvalue weighted by Crippen LogP contribution is -2.21. The number of nitrogens with one attached hydrogen (secondary N) is 2. The maximum Gasteiger partial charge on any atom is 0.358 e. The number of urea groups is 1. The van der Waals surface area contributed by atoms with Crippen molar-refractivity contribution in [2.75, 3.05) is 17.7 Å². The number of ketones is 1. The summed E-state index contributed by atoms with van der Waals surface area (Å²) in [4.78, 5) is 46.2. The van der Waals surface area contributed by atoms with E-state index < -0.39 is 12.0 Å². The summed E-state index contributed by atoms with van der Waals surface area (Å²) in [5, 5.41) is 14.9. The Labute approximate surface area is 216 Å². The van der Waals surface area contributed by atoms with Crippen LogP contribution in [0.15, 0.2) is 53.1 Å². The molecule has 2 amide bonds. The van der Waals surface area contributed by atoms with Gasteiger partial charge in [0.15, 0.2) is 22.5 Å². The van der Waals surface area contributed by atoms with Crippen LogP contribution in [0.3, 0.4) is 0 Å². The van der Waals surface area contributed by atoms with Crippen molar-refractivity contribution in [1.29, 1.82) is 0 Å². The maximum atomic E-state index is 13.3. The number of para-hydroxylation sites is 1. The van der Waals surface area contributed by atoms with E-state index in [-0.39, 0.29) is 17.2 Å². The van der Waals surface area contributed by atoms with Gasteiger partial charge in [-0.2, -0.15) is 0 Å². The normalized spacial score (nSPS) is 10.7. The number of benzene rings is 2. The monoisotopic (exact) mass is 520 g/mol. The van der Waals surface area contributed by atoms with Gasteiger partial charge in [-0.3, -0.25) is 10.1 Å². The van der Waals surface area contributed by atoms with Crippen LogP contribution in [-0.4, -0.2) is 40.0 Å². The standard InChI is InChI=1S/C26H24N4O6S/c1-14-8-10-19(18(12-14)23(31)17-6-4-5-7-20(17)35-3)28-25(34)30-26-27-13-16(37-26)9-11-21-29-22(24(32)33)15(2)36-21/h4-8,10,12-13H,9,11H2,1-3H3,(H,32,33)(H2,27,28,30,34). The van der Waals surface area contributed by atoms with E-state index in [0.29, 0.717) is 46.4 Å². The van der Waals surface area contributed by atoms with Crippen molar-refractivity contribution in [3.63, 3.8) is 0 Å². The van der Waals surface area contributed by atoms with Crippen LogP contribution in [0.5, 0.6) is 5.75 Å². The molecular formula is C26H24N4O6S. The lowest BCUT2D eigenvalue weighted by molar-refractivity contribution is 0.0689. The van der Waals surface area contributed by atoms with Gasteiger partial charge in [-0.25, -0.2) is 19.6 Å². The van der Waals surface area contributed by atoms with Gasteiger partial charge in [0.25, 0.3) is 0 Å². The lowest BCUT2D eigenvalue weighted by Gasteiger charge is -2.13. The number of ether oxygens (including phenoxy) is 1. The Morgan fingerprint density at radius 1 is 1.05 bits per heavy atom. The van der Waals surface area contributed by atoms with E-state index in [9.17, 15) is 14.4 Å². The zero-order chi connectivity index (χ0) is 26.5. The number of thiazole rings is 1. The summed E-state index contributed by atoms with van der Waals surface area (Å²) in [5.41, 5.74) is 1.84. The van der Waals surface area contributed by atoms with Crippen LogP contribution in [0.4, 0.5) is 15.6 Å². The van der Waals surface area contributed by atoms with Crippen molar-refractivity contribution in [2.45, 2.75) is 26.7 Å². The summed E-state index contributed by atoms with van der Waals surface area (Å²) in [5.74, 6) is -0.392. The predicted molar refractivity (Wildman–Crippen MR) is 138 cm³/mol. The molecule has 0 unspecified atom stereocenters. The average molecular weight is 521 g/mol. The molecule has 0 bridgehead atoms. The molecule has 2 aromatic carbocycles. The van der Waals surface area contributed by atoms with Crippen molar-refractivity contribution in [2.24, 2.45) is 0 Å². The minimum Gasteiger partial charge on any atom is -0.496 e. The molecule has 0 aliphatic rings. The van der Waals surface area contributed by atoms with Gasteiger partial charge in [-0.05, 0) is 44.5 Å². The van der Waals surface area contributed by atoms with Crippen LogP contribution in [-0.2, 0) is 12.8 Å². The first kappa shape index (κ1) is 25.6.